The van der Waals surface area contributed by atoms with E-state index in [1.165, 1.54) is 110 Å². The van der Waals surface area contributed by atoms with Crippen molar-refractivity contribution < 1.29 is 0 Å². The van der Waals surface area contributed by atoms with E-state index < -0.39 is 0 Å². The molecule has 0 amide bonds. The standard InChI is InChI=1S/C54H34B2N2/c1-3-17-35(18-4-1)37-21-7-9-25-43(37)55-45-27-11-13-31-49(45)57-51-34-52-42(33-41(51)39-23-15-29-47(55)53(39)57)40-24-16-30-48-54(40)58(52)50-32-14-12-28-46(50)56(48)44-26-10-8-22-38(44)36-19-5-2-6-20-36/h1-34H. The van der Waals surface area contributed by atoms with Crippen molar-refractivity contribution in [2.24, 2.45) is 0 Å². The minimum Gasteiger partial charge on any atom is -0.310 e. The van der Waals surface area contributed by atoms with Crippen LogP contribution < -0.4 is 32.8 Å². The molecule has 4 heteroatoms. The van der Waals surface area contributed by atoms with E-state index in [1.54, 1.807) is 0 Å². The summed E-state index contributed by atoms with van der Waals surface area (Å²) in [6.45, 7) is 0.181. The van der Waals surface area contributed by atoms with Gasteiger partial charge in [-0.2, -0.15) is 0 Å². The van der Waals surface area contributed by atoms with E-state index in [-0.39, 0.29) is 13.4 Å². The van der Waals surface area contributed by atoms with E-state index in [4.69, 9.17) is 0 Å². The van der Waals surface area contributed by atoms with Gasteiger partial charge >= 0.3 is 0 Å². The van der Waals surface area contributed by atoms with Crippen LogP contribution in [0.5, 0.6) is 0 Å². The van der Waals surface area contributed by atoms with Crippen molar-refractivity contribution >= 4 is 89.8 Å². The fourth-order valence-electron chi connectivity index (χ4n) is 10.8. The molecule has 0 N–H and O–H groups in total. The number of fused-ring (bicyclic) bond motifs is 10. The lowest BCUT2D eigenvalue weighted by atomic mass is 9.34. The van der Waals surface area contributed by atoms with E-state index in [1.807, 2.05) is 0 Å². The molecule has 58 heavy (non-hydrogen) atoms. The number of hydrogen-bond acceptors (Lipinski definition) is 0. The zero-order valence-corrected chi connectivity index (χ0v) is 31.7. The first kappa shape index (κ1) is 31.9. The molecule has 0 unspecified atom stereocenters. The van der Waals surface area contributed by atoms with Gasteiger partial charge in [0, 0.05) is 44.0 Å². The monoisotopic (exact) mass is 732 g/mol. The number of para-hydroxylation sites is 4. The van der Waals surface area contributed by atoms with Crippen LogP contribution in [0.4, 0.5) is 0 Å². The average Bonchev–Trinajstić information content (AvgIpc) is 3.80. The minimum absolute atomic E-state index is 0.0907. The Labute approximate surface area is 337 Å². The predicted molar refractivity (Wildman–Crippen MR) is 248 cm³/mol. The van der Waals surface area contributed by atoms with Crippen LogP contribution in [0.15, 0.2) is 206 Å². The van der Waals surface area contributed by atoms with Crippen LogP contribution in [0.2, 0.25) is 0 Å². The van der Waals surface area contributed by atoms with Crippen LogP contribution in [-0.2, 0) is 0 Å². The second-order valence-corrected chi connectivity index (χ2v) is 15.9. The molecule has 0 bridgehead atoms. The predicted octanol–water partition coefficient (Wildman–Crippen LogP) is 8.87. The van der Waals surface area contributed by atoms with Gasteiger partial charge < -0.3 is 9.13 Å². The van der Waals surface area contributed by atoms with E-state index in [9.17, 15) is 0 Å². The van der Waals surface area contributed by atoms with Crippen LogP contribution >= 0.6 is 0 Å². The number of aromatic nitrogens is 2. The minimum atomic E-state index is 0.0907. The quantitative estimate of drug-likeness (QED) is 0.160. The molecular weight excluding hydrogens is 698 g/mol. The Morgan fingerprint density at radius 2 is 0.655 bits per heavy atom. The molecule has 4 heterocycles. The molecule has 2 nitrogen and oxygen atoms in total. The third-order valence-electron chi connectivity index (χ3n) is 13.1. The number of benzene rings is 9. The Bertz CT molecular complexity index is 3240. The summed E-state index contributed by atoms with van der Waals surface area (Å²) in [6, 6.07) is 76.8. The first-order chi connectivity index (χ1) is 28.8. The fraction of sp³-hybridized carbons (Fsp3) is 0. The lowest BCUT2D eigenvalue weighted by molar-refractivity contribution is 1.17. The third-order valence-corrected chi connectivity index (χ3v) is 13.1. The van der Waals surface area contributed by atoms with Crippen molar-refractivity contribution in [3.63, 3.8) is 0 Å². The Morgan fingerprint density at radius 3 is 1.12 bits per heavy atom. The SMILES string of the molecule is c1ccc(-c2ccccc2B2c3ccccc3-n3c4cc5c(cc4c4cccc2c43)c2cccc3c2n5-c2ccccc2B3c2ccccc2-c2ccccc2)cc1. The average molecular weight is 733 g/mol. The number of nitrogens with zero attached hydrogens (tertiary/aromatic N) is 2. The van der Waals surface area contributed by atoms with Crippen molar-refractivity contribution in [1.82, 2.24) is 9.13 Å². The van der Waals surface area contributed by atoms with E-state index in [0.29, 0.717) is 0 Å². The van der Waals surface area contributed by atoms with Crippen LogP contribution in [-0.4, -0.2) is 22.6 Å². The molecule has 2 aromatic heterocycles. The molecule has 266 valence electrons. The van der Waals surface area contributed by atoms with E-state index in [0.717, 1.165) is 0 Å². The zero-order chi connectivity index (χ0) is 37.9. The summed E-state index contributed by atoms with van der Waals surface area (Å²) in [5, 5.41) is 5.18. The second-order valence-electron chi connectivity index (χ2n) is 15.9. The smallest absolute Gasteiger partial charge is 0.247 e. The molecule has 0 atom stereocenters. The van der Waals surface area contributed by atoms with Gasteiger partial charge in [0.25, 0.3) is 0 Å². The van der Waals surface area contributed by atoms with Crippen LogP contribution in [0.25, 0.3) is 77.2 Å². The van der Waals surface area contributed by atoms with Gasteiger partial charge in [0.1, 0.15) is 0 Å². The lowest BCUT2D eigenvalue weighted by Gasteiger charge is -2.28. The normalized spacial score (nSPS) is 12.8. The Kier molecular flexibility index (Phi) is 6.65. The summed E-state index contributed by atoms with van der Waals surface area (Å²) in [7, 11) is 0. The summed E-state index contributed by atoms with van der Waals surface area (Å²) in [4.78, 5) is 0. The van der Waals surface area contributed by atoms with Crippen LogP contribution in [0, 0.1) is 0 Å². The van der Waals surface area contributed by atoms with Gasteiger partial charge in [-0.25, -0.2) is 0 Å². The first-order valence-electron chi connectivity index (χ1n) is 20.3. The van der Waals surface area contributed by atoms with Crippen molar-refractivity contribution in [3.05, 3.63) is 206 Å². The molecule has 0 fully saturated rings. The molecule has 0 saturated heterocycles. The summed E-state index contributed by atoms with van der Waals surface area (Å²) in [5.41, 5.74) is 20.7. The summed E-state index contributed by atoms with van der Waals surface area (Å²) in [6.07, 6.45) is 0. The fourth-order valence-corrected chi connectivity index (χ4v) is 10.8. The molecule has 11 aromatic rings. The maximum Gasteiger partial charge on any atom is 0.247 e. The molecule has 13 rings (SSSR count). The van der Waals surface area contributed by atoms with Gasteiger partial charge in [-0.15, -0.1) is 0 Å². The number of rotatable bonds is 4. The molecule has 2 aliphatic heterocycles. The molecule has 2 aliphatic rings. The zero-order valence-electron chi connectivity index (χ0n) is 31.7. The Hall–Kier alpha value is -7.29. The highest BCUT2D eigenvalue weighted by Crippen LogP contribution is 2.40. The molecule has 0 saturated carbocycles. The summed E-state index contributed by atoms with van der Waals surface area (Å²) < 4.78 is 5.13. The highest BCUT2D eigenvalue weighted by molar-refractivity contribution is 6.99. The topological polar surface area (TPSA) is 9.86 Å². The van der Waals surface area contributed by atoms with Gasteiger partial charge in [-0.1, -0.05) is 193 Å². The van der Waals surface area contributed by atoms with Crippen molar-refractivity contribution in [1.29, 1.82) is 0 Å². The van der Waals surface area contributed by atoms with Crippen LogP contribution in [0.3, 0.4) is 0 Å². The second kappa shape index (κ2) is 12.1. The number of hydrogen-bond donors (Lipinski definition) is 0. The molecule has 0 aliphatic carbocycles. The maximum absolute atomic E-state index is 2.57. The van der Waals surface area contributed by atoms with Crippen molar-refractivity contribution in [2.45, 2.75) is 0 Å². The first-order valence-corrected chi connectivity index (χ1v) is 20.3. The lowest BCUT2D eigenvalue weighted by Crippen LogP contribution is -2.56. The van der Waals surface area contributed by atoms with E-state index >= 15 is 0 Å². The van der Waals surface area contributed by atoms with Gasteiger partial charge in [0.05, 0.1) is 11.0 Å². The van der Waals surface area contributed by atoms with Crippen LogP contribution in [0.1, 0.15) is 0 Å². The Morgan fingerprint density at radius 1 is 0.276 bits per heavy atom. The van der Waals surface area contributed by atoms with E-state index in [2.05, 4.69) is 215 Å². The van der Waals surface area contributed by atoms with Gasteiger partial charge in [-0.05, 0) is 68.4 Å². The van der Waals surface area contributed by atoms with Gasteiger partial charge in [-0.3, -0.25) is 0 Å². The third kappa shape index (κ3) is 4.29. The molecule has 0 spiro atoms. The van der Waals surface area contributed by atoms with Gasteiger partial charge in [0.15, 0.2) is 0 Å². The summed E-state index contributed by atoms with van der Waals surface area (Å²) in [5.74, 6) is 0. The maximum atomic E-state index is 2.57. The largest absolute Gasteiger partial charge is 0.310 e. The van der Waals surface area contributed by atoms with Gasteiger partial charge in [0.2, 0.25) is 13.4 Å². The highest BCUT2D eigenvalue weighted by atomic mass is 15.0. The van der Waals surface area contributed by atoms with Crippen molar-refractivity contribution in [3.8, 4) is 33.6 Å². The molecule has 9 aromatic carbocycles. The molecule has 0 radical (unpaired) electrons. The Balaban J connectivity index is 1.10. The summed E-state index contributed by atoms with van der Waals surface area (Å²) >= 11 is 0. The molecular formula is C54H34B2N2. The van der Waals surface area contributed by atoms with Crippen molar-refractivity contribution in [2.75, 3.05) is 0 Å². The highest BCUT2D eigenvalue weighted by Gasteiger charge is 2.37.